The molecule has 0 spiro atoms. The number of sulfonamides is 1. The Morgan fingerprint density at radius 3 is 2.61 bits per heavy atom. The predicted molar refractivity (Wildman–Crippen MR) is 127 cm³/mol. The molecule has 0 fully saturated rings. The van der Waals surface area contributed by atoms with Crippen LogP contribution in [0.5, 0.6) is 17.2 Å². The Hall–Kier alpha value is -3.46. The molecule has 3 aromatic rings. The summed E-state index contributed by atoms with van der Waals surface area (Å²) >= 11 is 0. The minimum Gasteiger partial charge on any atom is -0.491 e. The molecule has 0 saturated carbocycles. The van der Waals surface area contributed by atoms with Crippen LogP contribution in [-0.2, 0) is 14.8 Å². The van der Waals surface area contributed by atoms with Crippen molar-refractivity contribution in [2.24, 2.45) is 0 Å². The van der Waals surface area contributed by atoms with Crippen LogP contribution in [0.1, 0.15) is 6.92 Å². The van der Waals surface area contributed by atoms with Crippen molar-refractivity contribution in [3.63, 3.8) is 0 Å². The highest BCUT2D eigenvalue weighted by atomic mass is 32.2. The number of nitrogens with one attached hydrogen (secondary N) is 1. The van der Waals surface area contributed by atoms with Crippen LogP contribution in [0.25, 0.3) is 10.8 Å². The quantitative estimate of drug-likeness (QED) is 0.483. The molecule has 0 bridgehead atoms. The maximum absolute atomic E-state index is 12.7. The molecule has 3 aromatic carbocycles. The van der Waals surface area contributed by atoms with Crippen molar-refractivity contribution in [3.8, 4) is 17.2 Å². The van der Waals surface area contributed by atoms with Gasteiger partial charge in [-0.1, -0.05) is 36.4 Å². The van der Waals surface area contributed by atoms with Gasteiger partial charge in [0.2, 0.25) is 15.9 Å². The number of ether oxygens (including phenoxy) is 3. The van der Waals surface area contributed by atoms with Crippen LogP contribution in [0.3, 0.4) is 0 Å². The number of carbonyl (C=O) groups is 1. The highest BCUT2D eigenvalue weighted by molar-refractivity contribution is 7.92. The number of carbonyl (C=O) groups excluding carboxylic acids is 1. The van der Waals surface area contributed by atoms with Gasteiger partial charge in [0.25, 0.3) is 0 Å². The van der Waals surface area contributed by atoms with Gasteiger partial charge in [0.15, 0.2) is 11.5 Å². The van der Waals surface area contributed by atoms with E-state index in [1.54, 1.807) is 18.2 Å². The molecule has 174 valence electrons. The molecule has 33 heavy (non-hydrogen) atoms. The molecule has 1 heterocycles. The van der Waals surface area contributed by atoms with Gasteiger partial charge in [-0.3, -0.25) is 9.10 Å². The molecule has 0 unspecified atom stereocenters. The lowest BCUT2D eigenvalue weighted by molar-refractivity contribution is -0.119. The van der Waals surface area contributed by atoms with Crippen molar-refractivity contribution in [1.82, 2.24) is 5.32 Å². The van der Waals surface area contributed by atoms with E-state index in [4.69, 9.17) is 14.2 Å². The van der Waals surface area contributed by atoms with E-state index in [1.807, 2.05) is 42.5 Å². The minimum atomic E-state index is -3.69. The topological polar surface area (TPSA) is 94.2 Å². The number of fused-ring (bicyclic) bond motifs is 2. The van der Waals surface area contributed by atoms with E-state index in [-0.39, 0.29) is 25.4 Å². The molecule has 0 aliphatic carbocycles. The Morgan fingerprint density at radius 1 is 1.03 bits per heavy atom. The number of hydrogen-bond donors (Lipinski definition) is 1. The Morgan fingerprint density at radius 2 is 1.79 bits per heavy atom. The number of benzene rings is 3. The lowest BCUT2D eigenvalue weighted by Gasteiger charge is -2.25. The summed E-state index contributed by atoms with van der Waals surface area (Å²) in [5.41, 5.74) is 0.350. The van der Waals surface area contributed by atoms with Gasteiger partial charge in [0.1, 0.15) is 32.1 Å². The maximum Gasteiger partial charge on any atom is 0.240 e. The van der Waals surface area contributed by atoms with E-state index in [0.717, 1.165) is 20.8 Å². The molecule has 1 amide bonds. The fourth-order valence-corrected chi connectivity index (χ4v) is 4.61. The molecular formula is C24H26N2O6S. The molecule has 8 nitrogen and oxygen atoms in total. The predicted octanol–water partition coefficient (Wildman–Crippen LogP) is 2.96. The summed E-state index contributed by atoms with van der Waals surface area (Å²) in [4.78, 5) is 12.6. The second-order valence-electron chi connectivity index (χ2n) is 7.41. The summed E-state index contributed by atoms with van der Waals surface area (Å²) in [5.74, 6) is 1.17. The van der Waals surface area contributed by atoms with Crippen LogP contribution in [0, 0.1) is 0 Å². The summed E-state index contributed by atoms with van der Waals surface area (Å²) in [6.07, 6.45) is 0. The van der Waals surface area contributed by atoms with Crippen molar-refractivity contribution in [2.45, 2.75) is 6.92 Å². The van der Waals surface area contributed by atoms with Gasteiger partial charge in [-0.15, -0.1) is 0 Å². The monoisotopic (exact) mass is 470 g/mol. The van der Waals surface area contributed by atoms with Crippen molar-refractivity contribution in [1.29, 1.82) is 0 Å². The summed E-state index contributed by atoms with van der Waals surface area (Å²) in [7, 11) is -3.69. The molecule has 1 aliphatic rings. The lowest BCUT2D eigenvalue weighted by Crippen LogP contribution is -2.42. The van der Waals surface area contributed by atoms with Gasteiger partial charge in [0, 0.05) is 11.5 Å². The first-order chi connectivity index (χ1) is 16.0. The Balaban J connectivity index is 1.38. The van der Waals surface area contributed by atoms with E-state index < -0.39 is 15.9 Å². The highest BCUT2D eigenvalue weighted by Crippen LogP contribution is 2.34. The van der Waals surface area contributed by atoms with E-state index in [0.29, 0.717) is 30.4 Å². The Bertz CT molecular complexity index is 1240. The average molecular weight is 471 g/mol. The lowest BCUT2D eigenvalue weighted by atomic mass is 10.1. The zero-order valence-electron chi connectivity index (χ0n) is 18.3. The van der Waals surface area contributed by atoms with Gasteiger partial charge in [-0.25, -0.2) is 8.42 Å². The zero-order chi connectivity index (χ0) is 23.3. The number of hydrogen-bond acceptors (Lipinski definition) is 6. The van der Waals surface area contributed by atoms with E-state index in [9.17, 15) is 13.2 Å². The van der Waals surface area contributed by atoms with Gasteiger partial charge < -0.3 is 19.5 Å². The molecule has 0 radical (unpaired) electrons. The SMILES string of the molecule is CCS(=O)(=O)N(CC(=O)NCCOc1cccc2ccccc12)c1ccc2c(c1)OCCO2. The van der Waals surface area contributed by atoms with Crippen molar-refractivity contribution in [2.75, 3.05) is 43.0 Å². The van der Waals surface area contributed by atoms with Gasteiger partial charge in [-0.2, -0.15) is 0 Å². The van der Waals surface area contributed by atoms with Crippen LogP contribution < -0.4 is 23.8 Å². The Kier molecular flexibility index (Phi) is 6.88. The maximum atomic E-state index is 12.7. The first-order valence-corrected chi connectivity index (χ1v) is 12.4. The molecule has 9 heteroatoms. The van der Waals surface area contributed by atoms with Crippen molar-refractivity contribution in [3.05, 3.63) is 60.7 Å². The second kappa shape index (κ2) is 9.99. The standard InChI is InChI=1S/C24H26N2O6S/c1-2-33(28,29)26(19-10-11-22-23(16-19)32-15-14-31-22)17-24(27)25-12-13-30-21-9-5-7-18-6-3-4-8-20(18)21/h3-11,16H,2,12-15,17H2,1H3,(H,25,27). The zero-order valence-corrected chi connectivity index (χ0v) is 19.1. The molecule has 0 aromatic heterocycles. The van der Waals surface area contributed by atoms with E-state index >= 15 is 0 Å². The molecule has 1 N–H and O–H groups in total. The van der Waals surface area contributed by atoms with E-state index in [2.05, 4.69) is 5.32 Å². The minimum absolute atomic E-state index is 0.140. The molecule has 1 aliphatic heterocycles. The number of amides is 1. The van der Waals surface area contributed by atoms with Crippen LogP contribution in [-0.4, -0.2) is 53.0 Å². The van der Waals surface area contributed by atoms with Crippen molar-refractivity contribution >= 4 is 32.4 Å². The van der Waals surface area contributed by atoms with Gasteiger partial charge in [-0.05, 0) is 30.5 Å². The summed E-state index contributed by atoms with van der Waals surface area (Å²) in [5, 5.41) is 4.79. The molecular weight excluding hydrogens is 444 g/mol. The number of nitrogens with zero attached hydrogens (tertiary/aromatic N) is 1. The van der Waals surface area contributed by atoms with Crippen LogP contribution in [0.15, 0.2) is 60.7 Å². The summed E-state index contributed by atoms with van der Waals surface area (Å²) < 4.78 is 43.4. The molecule has 4 rings (SSSR count). The van der Waals surface area contributed by atoms with Gasteiger partial charge >= 0.3 is 0 Å². The highest BCUT2D eigenvalue weighted by Gasteiger charge is 2.25. The Labute approximate surface area is 193 Å². The van der Waals surface area contributed by atoms with E-state index in [1.165, 1.54) is 6.92 Å². The largest absolute Gasteiger partial charge is 0.491 e. The van der Waals surface area contributed by atoms with Crippen molar-refractivity contribution < 1.29 is 27.4 Å². The number of rotatable bonds is 9. The average Bonchev–Trinajstić information content (AvgIpc) is 2.85. The first kappa shape index (κ1) is 22.7. The van der Waals surface area contributed by atoms with Crippen LogP contribution in [0.4, 0.5) is 5.69 Å². The third-order valence-corrected chi connectivity index (χ3v) is 6.97. The van der Waals surface area contributed by atoms with Gasteiger partial charge in [0.05, 0.1) is 18.0 Å². The number of anilines is 1. The second-order valence-corrected chi connectivity index (χ2v) is 9.59. The normalized spacial score (nSPS) is 12.9. The first-order valence-electron chi connectivity index (χ1n) is 10.8. The third kappa shape index (κ3) is 5.31. The fourth-order valence-electron chi connectivity index (χ4n) is 3.55. The third-order valence-electron chi connectivity index (χ3n) is 5.23. The summed E-state index contributed by atoms with van der Waals surface area (Å²) in [6, 6.07) is 18.5. The van der Waals surface area contributed by atoms with Crippen LogP contribution >= 0.6 is 0 Å². The molecule has 0 saturated heterocycles. The molecule has 0 atom stereocenters. The smallest absolute Gasteiger partial charge is 0.240 e. The fraction of sp³-hybridized carbons (Fsp3) is 0.292. The summed E-state index contributed by atoms with van der Waals surface area (Å²) in [6.45, 7) is 2.51. The van der Waals surface area contributed by atoms with Crippen LogP contribution in [0.2, 0.25) is 0 Å².